The van der Waals surface area contributed by atoms with Crippen LogP contribution in [0.5, 0.6) is 0 Å². The highest BCUT2D eigenvalue weighted by Gasteiger charge is 2.53. The van der Waals surface area contributed by atoms with Gasteiger partial charge in [0, 0.05) is 13.0 Å². The molecule has 96 valence electrons. The molecule has 1 saturated heterocycles. The number of amides is 2. The Balaban J connectivity index is 2.24. The van der Waals surface area contributed by atoms with Gasteiger partial charge in [0.05, 0.1) is 11.5 Å². The van der Waals surface area contributed by atoms with Gasteiger partial charge >= 0.3 is 0 Å². The Labute approximate surface area is 103 Å². The lowest BCUT2D eigenvalue weighted by Crippen LogP contribution is -2.47. The summed E-state index contributed by atoms with van der Waals surface area (Å²) in [6.07, 6.45) is 2.53. The van der Waals surface area contributed by atoms with Gasteiger partial charge in [0.2, 0.25) is 11.8 Å². The fourth-order valence-electron chi connectivity index (χ4n) is 2.64. The van der Waals surface area contributed by atoms with Crippen LogP contribution in [-0.2, 0) is 9.59 Å². The zero-order chi connectivity index (χ0) is 12.8. The van der Waals surface area contributed by atoms with Gasteiger partial charge in [0.1, 0.15) is 0 Å². The Morgan fingerprint density at radius 3 is 2.35 bits per heavy atom. The van der Waals surface area contributed by atoms with Gasteiger partial charge in [-0.1, -0.05) is 13.8 Å². The van der Waals surface area contributed by atoms with E-state index in [4.69, 9.17) is 5.73 Å². The number of imide groups is 1. The molecule has 1 aliphatic carbocycles. The molecule has 0 aromatic carbocycles. The van der Waals surface area contributed by atoms with Crippen molar-refractivity contribution in [1.29, 1.82) is 0 Å². The summed E-state index contributed by atoms with van der Waals surface area (Å²) >= 11 is 0. The van der Waals surface area contributed by atoms with Crippen LogP contribution in [0.1, 0.15) is 40.0 Å². The van der Waals surface area contributed by atoms with Crippen molar-refractivity contribution in [2.75, 3.05) is 6.54 Å². The Bertz CT molecular complexity index is 349. The second-order valence-corrected chi connectivity index (χ2v) is 5.96. The summed E-state index contributed by atoms with van der Waals surface area (Å²) in [7, 11) is 0. The summed E-state index contributed by atoms with van der Waals surface area (Å²) in [5, 5.41) is 0. The third-order valence-electron chi connectivity index (χ3n) is 4.51. The molecule has 0 aromatic heterocycles. The Morgan fingerprint density at radius 1 is 1.41 bits per heavy atom. The maximum atomic E-state index is 12.5. The lowest BCUT2D eigenvalue weighted by atomic mass is 9.78. The standard InChI is InChI=1S/C13H22N2O2/c1-8(2)13(3)6-11(16)15(12(13)17)10(7-14)9-4-5-9/h8-10H,4-7,14H2,1-3H3. The van der Waals surface area contributed by atoms with Gasteiger partial charge in [-0.2, -0.15) is 0 Å². The Kier molecular flexibility index (Phi) is 3.02. The SMILES string of the molecule is CC(C)C1(C)CC(=O)N(C(CN)C2CC2)C1=O. The molecule has 0 aromatic rings. The summed E-state index contributed by atoms with van der Waals surface area (Å²) in [5.41, 5.74) is 5.21. The molecule has 2 atom stereocenters. The fraction of sp³-hybridized carbons (Fsp3) is 0.846. The average Bonchev–Trinajstić information content (AvgIpc) is 3.04. The van der Waals surface area contributed by atoms with Crippen molar-refractivity contribution in [1.82, 2.24) is 4.90 Å². The monoisotopic (exact) mass is 238 g/mol. The lowest BCUT2D eigenvalue weighted by Gasteiger charge is -2.29. The molecule has 0 spiro atoms. The molecule has 1 saturated carbocycles. The molecule has 4 nitrogen and oxygen atoms in total. The van der Waals surface area contributed by atoms with Crippen LogP contribution in [0.3, 0.4) is 0 Å². The molecule has 2 rings (SSSR count). The maximum Gasteiger partial charge on any atom is 0.236 e. The van der Waals surface area contributed by atoms with Crippen LogP contribution in [0.2, 0.25) is 0 Å². The number of carbonyl (C=O) groups is 2. The maximum absolute atomic E-state index is 12.5. The summed E-state index contributed by atoms with van der Waals surface area (Å²) in [5.74, 6) is 0.581. The van der Waals surface area contributed by atoms with Crippen molar-refractivity contribution < 1.29 is 9.59 Å². The summed E-state index contributed by atoms with van der Waals surface area (Å²) in [6, 6.07) is -0.0597. The molecule has 17 heavy (non-hydrogen) atoms. The topological polar surface area (TPSA) is 63.4 Å². The van der Waals surface area contributed by atoms with Crippen molar-refractivity contribution in [2.24, 2.45) is 23.0 Å². The van der Waals surface area contributed by atoms with E-state index in [1.807, 2.05) is 20.8 Å². The number of hydrogen-bond acceptors (Lipinski definition) is 3. The van der Waals surface area contributed by atoms with E-state index in [1.165, 1.54) is 4.90 Å². The molecule has 2 unspecified atom stereocenters. The summed E-state index contributed by atoms with van der Waals surface area (Å²) < 4.78 is 0. The van der Waals surface area contributed by atoms with Crippen LogP contribution < -0.4 is 5.73 Å². The van der Waals surface area contributed by atoms with Gasteiger partial charge in [-0.3, -0.25) is 14.5 Å². The van der Waals surface area contributed by atoms with E-state index in [1.54, 1.807) is 0 Å². The van der Waals surface area contributed by atoms with E-state index in [2.05, 4.69) is 0 Å². The van der Waals surface area contributed by atoms with Crippen LogP contribution in [-0.4, -0.2) is 29.3 Å². The van der Waals surface area contributed by atoms with E-state index in [9.17, 15) is 9.59 Å². The number of hydrogen-bond donors (Lipinski definition) is 1. The minimum Gasteiger partial charge on any atom is -0.328 e. The van der Waals surface area contributed by atoms with Crippen LogP contribution in [0, 0.1) is 17.3 Å². The first-order valence-electron chi connectivity index (χ1n) is 6.48. The minimum absolute atomic E-state index is 0.0140. The van der Waals surface area contributed by atoms with Gasteiger partial charge < -0.3 is 5.73 Å². The quantitative estimate of drug-likeness (QED) is 0.747. The first kappa shape index (κ1) is 12.6. The second kappa shape index (κ2) is 4.09. The molecular formula is C13H22N2O2. The smallest absolute Gasteiger partial charge is 0.236 e. The van der Waals surface area contributed by atoms with Crippen molar-refractivity contribution in [3.05, 3.63) is 0 Å². The number of nitrogens with zero attached hydrogens (tertiary/aromatic N) is 1. The molecule has 4 heteroatoms. The van der Waals surface area contributed by atoms with Gasteiger partial charge in [-0.25, -0.2) is 0 Å². The van der Waals surface area contributed by atoms with Crippen LogP contribution in [0.4, 0.5) is 0 Å². The van der Waals surface area contributed by atoms with E-state index >= 15 is 0 Å². The first-order valence-corrected chi connectivity index (χ1v) is 6.48. The normalized spacial score (nSPS) is 31.5. The molecule has 2 aliphatic rings. The van der Waals surface area contributed by atoms with Gasteiger partial charge in [0.25, 0.3) is 0 Å². The van der Waals surface area contributed by atoms with Crippen molar-refractivity contribution in [3.63, 3.8) is 0 Å². The van der Waals surface area contributed by atoms with Gasteiger partial charge in [-0.15, -0.1) is 0 Å². The lowest BCUT2D eigenvalue weighted by molar-refractivity contribution is -0.145. The molecule has 0 bridgehead atoms. The van der Waals surface area contributed by atoms with Crippen molar-refractivity contribution in [2.45, 2.75) is 46.1 Å². The summed E-state index contributed by atoms with van der Waals surface area (Å²) in [6.45, 7) is 6.31. The first-order chi connectivity index (χ1) is 7.91. The fourth-order valence-corrected chi connectivity index (χ4v) is 2.64. The van der Waals surface area contributed by atoms with Gasteiger partial charge in [-0.05, 0) is 31.6 Å². The highest BCUT2D eigenvalue weighted by atomic mass is 16.2. The number of likely N-dealkylation sites (tertiary alicyclic amines) is 1. The van der Waals surface area contributed by atoms with Gasteiger partial charge in [0.15, 0.2) is 0 Å². The van der Waals surface area contributed by atoms with E-state index in [0.717, 1.165) is 12.8 Å². The van der Waals surface area contributed by atoms with Crippen LogP contribution in [0.25, 0.3) is 0 Å². The molecule has 1 heterocycles. The van der Waals surface area contributed by atoms with E-state index in [-0.39, 0.29) is 23.8 Å². The molecule has 2 amide bonds. The zero-order valence-electron chi connectivity index (χ0n) is 10.9. The number of rotatable bonds is 4. The second-order valence-electron chi connectivity index (χ2n) is 5.96. The van der Waals surface area contributed by atoms with Crippen molar-refractivity contribution >= 4 is 11.8 Å². The van der Waals surface area contributed by atoms with Crippen LogP contribution in [0.15, 0.2) is 0 Å². The number of carbonyl (C=O) groups excluding carboxylic acids is 2. The Morgan fingerprint density at radius 2 is 2.00 bits per heavy atom. The third-order valence-corrected chi connectivity index (χ3v) is 4.51. The molecule has 0 radical (unpaired) electrons. The largest absolute Gasteiger partial charge is 0.328 e. The van der Waals surface area contributed by atoms with Crippen LogP contribution >= 0.6 is 0 Å². The average molecular weight is 238 g/mol. The van der Waals surface area contributed by atoms with E-state index in [0.29, 0.717) is 18.9 Å². The summed E-state index contributed by atoms with van der Waals surface area (Å²) in [4.78, 5) is 26.0. The third kappa shape index (κ3) is 1.88. The molecule has 1 aliphatic heterocycles. The Hall–Kier alpha value is -0.900. The zero-order valence-corrected chi connectivity index (χ0v) is 10.9. The molecular weight excluding hydrogens is 216 g/mol. The molecule has 2 N–H and O–H groups in total. The predicted molar refractivity (Wildman–Crippen MR) is 65.0 cm³/mol. The highest BCUT2D eigenvalue weighted by molar-refractivity contribution is 6.06. The predicted octanol–water partition coefficient (Wildman–Crippen LogP) is 1.14. The van der Waals surface area contributed by atoms with E-state index < -0.39 is 5.41 Å². The van der Waals surface area contributed by atoms with Crippen molar-refractivity contribution in [3.8, 4) is 0 Å². The number of nitrogens with two attached hydrogens (primary N) is 1. The minimum atomic E-state index is -0.528. The molecule has 2 fully saturated rings. The highest BCUT2D eigenvalue weighted by Crippen LogP contribution is 2.44.